The van der Waals surface area contributed by atoms with Crippen LogP contribution in [0.1, 0.15) is 46.0 Å². The zero-order valence-corrected chi connectivity index (χ0v) is 17.2. The summed E-state index contributed by atoms with van der Waals surface area (Å²) in [5.41, 5.74) is 1.06. The topological polar surface area (TPSA) is 82.5 Å². The number of aromatic carboxylic acids is 1. The van der Waals surface area contributed by atoms with Crippen molar-refractivity contribution >= 4 is 23.4 Å². The number of benzene rings is 2. The maximum Gasteiger partial charge on any atom is 0.339 e. The van der Waals surface area contributed by atoms with Crippen LogP contribution in [0.3, 0.4) is 0 Å². The van der Waals surface area contributed by atoms with Crippen molar-refractivity contribution in [3.8, 4) is 0 Å². The lowest BCUT2D eigenvalue weighted by atomic mass is 10.1. The van der Waals surface area contributed by atoms with Crippen LogP contribution in [0.4, 0.5) is 15.9 Å². The number of aromatic nitrogens is 1. The molecule has 0 atom stereocenters. The third-order valence-corrected chi connectivity index (χ3v) is 4.77. The van der Waals surface area contributed by atoms with Crippen molar-refractivity contribution in [1.29, 1.82) is 0 Å². The molecule has 6 nitrogen and oxygen atoms in total. The standard InChI is InChI=1S/C24H24FN3O3/c1-2-3-13-28(16-17-9-5-4-6-10-17)22-20(24(30)31)14-18(15-26-22)27-23(29)19-11-7-8-12-21(19)25/h4-12,14-15H,2-3,13,16H2,1H3,(H,27,29)(H,30,31). The number of nitrogens with one attached hydrogen (secondary N) is 1. The van der Waals surface area contributed by atoms with Gasteiger partial charge in [0, 0.05) is 13.1 Å². The molecule has 0 aliphatic heterocycles. The van der Waals surface area contributed by atoms with Gasteiger partial charge in [-0.1, -0.05) is 55.8 Å². The van der Waals surface area contributed by atoms with Crippen molar-refractivity contribution in [3.63, 3.8) is 0 Å². The fraction of sp³-hybridized carbons (Fsp3) is 0.208. The number of hydrogen-bond acceptors (Lipinski definition) is 4. The molecule has 0 fully saturated rings. The van der Waals surface area contributed by atoms with Crippen LogP contribution in [0.25, 0.3) is 0 Å². The van der Waals surface area contributed by atoms with Crippen molar-refractivity contribution in [2.24, 2.45) is 0 Å². The van der Waals surface area contributed by atoms with Crippen molar-refractivity contribution in [3.05, 3.63) is 89.4 Å². The number of carboxylic acids is 1. The van der Waals surface area contributed by atoms with Gasteiger partial charge in [0.2, 0.25) is 0 Å². The van der Waals surface area contributed by atoms with Crippen LogP contribution in [-0.4, -0.2) is 28.5 Å². The Morgan fingerprint density at radius 2 is 1.77 bits per heavy atom. The molecule has 0 bridgehead atoms. The number of hydrogen-bond donors (Lipinski definition) is 2. The Bertz CT molecular complexity index is 1060. The number of halogens is 1. The molecule has 0 radical (unpaired) electrons. The number of amides is 1. The summed E-state index contributed by atoms with van der Waals surface area (Å²) in [5, 5.41) is 12.3. The maximum absolute atomic E-state index is 13.9. The molecule has 0 saturated carbocycles. The second kappa shape index (κ2) is 10.3. The van der Waals surface area contributed by atoms with Gasteiger partial charge < -0.3 is 15.3 Å². The molecule has 1 heterocycles. The van der Waals surface area contributed by atoms with Gasteiger partial charge in [-0.3, -0.25) is 4.79 Å². The van der Waals surface area contributed by atoms with Gasteiger partial charge in [0.25, 0.3) is 5.91 Å². The second-order valence-corrected chi connectivity index (χ2v) is 7.09. The van der Waals surface area contributed by atoms with E-state index in [9.17, 15) is 19.1 Å². The van der Waals surface area contributed by atoms with Gasteiger partial charge in [0.15, 0.2) is 0 Å². The first-order valence-corrected chi connectivity index (χ1v) is 10.1. The summed E-state index contributed by atoms with van der Waals surface area (Å²) in [6.07, 6.45) is 3.22. The molecule has 2 aromatic carbocycles. The third kappa shape index (κ3) is 5.66. The highest BCUT2D eigenvalue weighted by molar-refractivity contribution is 6.05. The van der Waals surface area contributed by atoms with Crippen molar-refractivity contribution in [2.75, 3.05) is 16.8 Å². The van der Waals surface area contributed by atoms with Crippen LogP contribution >= 0.6 is 0 Å². The van der Waals surface area contributed by atoms with Crippen LogP contribution in [0.2, 0.25) is 0 Å². The van der Waals surface area contributed by atoms with Gasteiger partial charge in [0.05, 0.1) is 17.4 Å². The minimum Gasteiger partial charge on any atom is -0.478 e. The van der Waals surface area contributed by atoms with E-state index in [2.05, 4.69) is 17.2 Å². The first-order valence-electron chi connectivity index (χ1n) is 10.1. The molecular formula is C24H24FN3O3. The number of carbonyl (C=O) groups is 2. The molecule has 0 aliphatic rings. The first kappa shape index (κ1) is 22.0. The number of anilines is 2. The molecule has 1 aromatic heterocycles. The van der Waals surface area contributed by atoms with Crippen LogP contribution in [0, 0.1) is 5.82 Å². The lowest BCUT2D eigenvalue weighted by Crippen LogP contribution is -2.27. The molecule has 160 valence electrons. The van der Waals surface area contributed by atoms with Crippen molar-refractivity contribution in [1.82, 2.24) is 4.98 Å². The van der Waals surface area contributed by atoms with Crippen molar-refractivity contribution in [2.45, 2.75) is 26.3 Å². The van der Waals surface area contributed by atoms with E-state index in [-0.39, 0.29) is 16.8 Å². The summed E-state index contributed by atoms with van der Waals surface area (Å²) in [6, 6.07) is 16.7. The zero-order valence-electron chi connectivity index (χ0n) is 17.2. The van der Waals surface area contributed by atoms with E-state index in [0.29, 0.717) is 18.9 Å². The number of rotatable bonds is 9. The molecule has 0 aliphatic carbocycles. The van der Waals surface area contributed by atoms with Crippen LogP contribution in [-0.2, 0) is 6.54 Å². The van der Waals surface area contributed by atoms with Crippen LogP contribution in [0.15, 0.2) is 66.9 Å². The van der Waals surface area contributed by atoms with E-state index in [4.69, 9.17) is 0 Å². The fourth-order valence-corrected chi connectivity index (χ4v) is 3.19. The predicted molar refractivity (Wildman–Crippen MR) is 118 cm³/mol. The number of unbranched alkanes of at least 4 members (excludes halogenated alkanes) is 1. The Morgan fingerprint density at radius 1 is 1.06 bits per heavy atom. The summed E-state index contributed by atoms with van der Waals surface area (Å²) >= 11 is 0. The highest BCUT2D eigenvalue weighted by Crippen LogP contribution is 2.24. The fourth-order valence-electron chi connectivity index (χ4n) is 3.19. The van der Waals surface area contributed by atoms with Crippen molar-refractivity contribution < 1.29 is 19.1 Å². The Kier molecular flexibility index (Phi) is 7.32. The number of carboxylic acid groups (broad SMARTS) is 1. The summed E-state index contributed by atoms with van der Waals surface area (Å²) in [5.74, 6) is -2.15. The van der Waals surface area contributed by atoms with Gasteiger partial charge in [-0.05, 0) is 30.2 Å². The third-order valence-electron chi connectivity index (χ3n) is 4.77. The average molecular weight is 421 g/mol. The van der Waals surface area contributed by atoms with Crippen LogP contribution < -0.4 is 10.2 Å². The van der Waals surface area contributed by atoms with Gasteiger partial charge in [-0.25, -0.2) is 14.2 Å². The quantitative estimate of drug-likeness (QED) is 0.509. The Hall–Kier alpha value is -3.74. The Labute approximate surface area is 180 Å². The molecule has 3 rings (SSSR count). The van der Waals surface area contributed by atoms with Gasteiger partial charge in [-0.2, -0.15) is 0 Å². The monoisotopic (exact) mass is 421 g/mol. The summed E-state index contributed by atoms with van der Waals surface area (Å²) in [4.78, 5) is 30.6. The Morgan fingerprint density at radius 3 is 2.45 bits per heavy atom. The average Bonchev–Trinajstić information content (AvgIpc) is 2.77. The molecule has 2 N–H and O–H groups in total. The van der Waals surface area contributed by atoms with E-state index >= 15 is 0 Å². The largest absolute Gasteiger partial charge is 0.478 e. The van der Waals surface area contributed by atoms with E-state index < -0.39 is 17.7 Å². The summed E-state index contributed by atoms with van der Waals surface area (Å²) in [6.45, 7) is 3.21. The normalized spacial score (nSPS) is 10.5. The van der Waals surface area contributed by atoms with E-state index in [1.807, 2.05) is 35.2 Å². The van der Waals surface area contributed by atoms with Gasteiger partial charge in [0.1, 0.15) is 17.2 Å². The minimum atomic E-state index is -1.15. The molecular weight excluding hydrogens is 397 g/mol. The zero-order chi connectivity index (χ0) is 22.2. The summed E-state index contributed by atoms with van der Waals surface area (Å²) < 4.78 is 13.9. The molecule has 3 aromatic rings. The Balaban J connectivity index is 1.89. The summed E-state index contributed by atoms with van der Waals surface area (Å²) in [7, 11) is 0. The SMILES string of the molecule is CCCCN(Cc1ccccc1)c1ncc(NC(=O)c2ccccc2F)cc1C(=O)O. The molecule has 1 amide bonds. The first-order chi connectivity index (χ1) is 15.0. The number of nitrogens with zero attached hydrogens (tertiary/aromatic N) is 2. The smallest absolute Gasteiger partial charge is 0.339 e. The lowest BCUT2D eigenvalue weighted by molar-refractivity contribution is 0.0696. The van der Waals surface area contributed by atoms with Crippen LogP contribution in [0.5, 0.6) is 0 Å². The molecule has 0 saturated heterocycles. The minimum absolute atomic E-state index is 0.0293. The van der Waals surface area contributed by atoms with E-state index in [1.165, 1.54) is 30.5 Å². The van der Waals surface area contributed by atoms with Gasteiger partial charge in [-0.15, -0.1) is 0 Å². The van der Waals surface area contributed by atoms with E-state index in [0.717, 1.165) is 18.4 Å². The predicted octanol–water partition coefficient (Wildman–Crippen LogP) is 4.98. The highest BCUT2D eigenvalue weighted by Gasteiger charge is 2.20. The molecule has 7 heteroatoms. The highest BCUT2D eigenvalue weighted by atomic mass is 19.1. The van der Waals surface area contributed by atoms with E-state index in [1.54, 1.807) is 6.07 Å². The molecule has 31 heavy (non-hydrogen) atoms. The molecule has 0 unspecified atom stereocenters. The number of carbonyl (C=O) groups excluding carboxylic acids is 1. The second-order valence-electron chi connectivity index (χ2n) is 7.09. The molecule has 0 spiro atoms. The lowest BCUT2D eigenvalue weighted by Gasteiger charge is -2.25. The maximum atomic E-state index is 13.9. The number of pyridine rings is 1. The van der Waals surface area contributed by atoms with Gasteiger partial charge >= 0.3 is 5.97 Å².